The summed E-state index contributed by atoms with van der Waals surface area (Å²) < 4.78 is 5.64. The number of benzene rings is 1. The molecule has 1 aromatic heterocycles. The van der Waals surface area contributed by atoms with Gasteiger partial charge in [-0.15, -0.1) is 11.3 Å². The Labute approximate surface area is 125 Å². The monoisotopic (exact) mass is 290 g/mol. The van der Waals surface area contributed by atoms with Gasteiger partial charge in [0.15, 0.2) is 0 Å². The Hall–Kier alpha value is -1.39. The maximum absolute atomic E-state index is 5.64. The third kappa shape index (κ3) is 3.02. The zero-order chi connectivity index (χ0) is 14.7. The largest absolute Gasteiger partial charge is 0.494 e. The first-order valence-corrected chi connectivity index (χ1v) is 7.81. The van der Waals surface area contributed by atoms with Crippen molar-refractivity contribution < 1.29 is 4.74 Å². The predicted octanol–water partition coefficient (Wildman–Crippen LogP) is 4.11. The molecule has 0 aliphatic carbocycles. The zero-order valence-corrected chi connectivity index (χ0v) is 13.6. The van der Waals surface area contributed by atoms with Crippen LogP contribution in [0.2, 0.25) is 0 Å². The minimum Gasteiger partial charge on any atom is -0.494 e. The Bertz CT molecular complexity index is 592. The first kappa shape index (κ1) is 15.0. The topological polar surface area (TPSA) is 34.1 Å². The number of aryl methyl sites for hydroxylation is 2. The summed E-state index contributed by atoms with van der Waals surface area (Å²) in [6, 6.07) is 4.57. The van der Waals surface area contributed by atoms with Gasteiger partial charge in [0.2, 0.25) is 0 Å². The van der Waals surface area contributed by atoms with E-state index in [1.54, 1.807) is 11.3 Å². The minimum atomic E-state index is 0.290. The second-order valence-corrected chi connectivity index (χ2v) is 5.84. The molecule has 1 aromatic carbocycles. The quantitative estimate of drug-likeness (QED) is 0.900. The lowest BCUT2D eigenvalue weighted by molar-refractivity contribution is 0.337. The molecule has 2 rings (SSSR count). The third-order valence-electron chi connectivity index (χ3n) is 3.42. The maximum Gasteiger partial charge on any atom is 0.122 e. The van der Waals surface area contributed by atoms with E-state index in [9.17, 15) is 0 Å². The molecular weight excluding hydrogens is 268 g/mol. The van der Waals surface area contributed by atoms with Crippen LogP contribution in [0.4, 0.5) is 0 Å². The van der Waals surface area contributed by atoms with Crippen molar-refractivity contribution in [2.24, 2.45) is 0 Å². The van der Waals surface area contributed by atoms with Crippen LogP contribution in [-0.2, 0) is 0 Å². The van der Waals surface area contributed by atoms with E-state index in [0.717, 1.165) is 22.0 Å². The van der Waals surface area contributed by atoms with Crippen LogP contribution in [0.25, 0.3) is 11.3 Å². The van der Waals surface area contributed by atoms with Crippen LogP contribution in [-0.4, -0.2) is 18.6 Å². The van der Waals surface area contributed by atoms with E-state index < -0.39 is 0 Å². The second kappa shape index (κ2) is 6.37. The molecule has 108 valence electrons. The molecule has 0 radical (unpaired) electrons. The fourth-order valence-electron chi connectivity index (χ4n) is 2.11. The molecule has 2 aromatic rings. The number of hydrogen-bond acceptors (Lipinski definition) is 4. The van der Waals surface area contributed by atoms with Crippen LogP contribution in [0.15, 0.2) is 17.5 Å². The van der Waals surface area contributed by atoms with Gasteiger partial charge >= 0.3 is 0 Å². The smallest absolute Gasteiger partial charge is 0.122 e. The summed E-state index contributed by atoms with van der Waals surface area (Å²) in [4.78, 5) is 4.74. The van der Waals surface area contributed by atoms with E-state index >= 15 is 0 Å². The van der Waals surface area contributed by atoms with Gasteiger partial charge in [-0.2, -0.15) is 0 Å². The van der Waals surface area contributed by atoms with Gasteiger partial charge < -0.3 is 10.1 Å². The van der Waals surface area contributed by atoms with Crippen molar-refractivity contribution in [3.8, 4) is 17.0 Å². The van der Waals surface area contributed by atoms with Gasteiger partial charge in [0.1, 0.15) is 10.8 Å². The molecule has 20 heavy (non-hydrogen) atoms. The Morgan fingerprint density at radius 3 is 2.70 bits per heavy atom. The van der Waals surface area contributed by atoms with E-state index in [1.807, 2.05) is 14.0 Å². The van der Waals surface area contributed by atoms with E-state index in [-0.39, 0.29) is 6.04 Å². The Morgan fingerprint density at radius 1 is 1.30 bits per heavy atom. The van der Waals surface area contributed by atoms with E-state index in [4.69, 9.17) is 9.72 Å². The molecule has 0 aliphatic rings. The molecule has 1 heterocycles. The molecule has 0 fully saturated rings. The molecule has 1 unspecified atom stereocenters. The highest BCUT2D eigenvalue weighted by Crippen LogP contribution is 2.32. The van der Waals surface area contributed by atoms with Crippen molar-refractivity contribution in [2.75, 3.05) is 13.7 Å². The molecule has 1 N–H and O–H groups in total. The normalized spacial score (nSPS) is 12.4. The third-order valence-corrected chi connectivity index (χ3v) is 4.45. The fourth-order valence-corrected chi connectivity index (χ4v) is 3.00. The number of nitrogens with one attached hydrogen (secondary N) is 1. The van der Waals surface area contributed by atoms with Gasteiger partial charge in [0.25, 0.3) is 0 Å². The molecular formula is C16H22N2OS. The second-order valence-electron chi connectivity index (χ2n) is 4.95. The summed E-state index contributed by atoms with van der Waals surface area (Å²) in [5.41, 5.74) is 4.60. The molecule has 0 amide bonds. The first-order valence-electron chi connectivity index (χ1n) is 6.94. The van der Waals surface area contributed by atoms with E-state index in [2.05, 4.69) is 43.6 Å². The standard InChI is InChI=1S/C16H22N2OS/c1-6-19-15-8-10(2)13(7-11(15)3)14-9-20-16(18-14)12(4)17-5/h7-9,12,17H,6H2,1-5H3. The van der Waals surface area contributed by atoms with E-state index in [1.165, 1.54) is 11.1 Å². The van der Waals surface area contributed by atoms with Gasteiger partial charge in [-0.1, -0.05) is 0 Å². The van der Waals surface area contributed by atoms with Gasteiger partial charge in [-0.05, 0) is 58.0 Å². The number of nitrogens with zero attached hydrogens (tertiary/aromatic N) is 1. The molecule has 0 saturated carbocycles. The van der Waals surface area contributed by atoms with Crippen molar-refractivity contribution in [1.82, 2.24) is 10.3 Å². The summed E-state index contributed by atoms with van der Waals surface area (Å²) in [6.45, 7) is 9.02. The number of rotatable bonds is 5. The summed E-state index contributed by atoms with van der Waals surface area (Å²) in [6.07, 6.45) is 0. The zero-order valence-electron chi connectivity index (χ0n) is 12.8. The van der Waals surface area contributed by atoms with Gasteiger partial charge in [0, 0.05) is 10.9 Å². The molecule has 0 saturated heterocycles. The number of hydrogen-bond donors (Lipinski definition) is 1. The predicted molar refractivity (Wildman–Crippen MR) is 85.7 cm³/mol. The molecule has 0 bridgehead atoms. The van der Waals surface area contributed by atoms with Crippen LogP contribution in [0, 0.1) is 13.8 Å². The molecule has 3 nitrogen and oxygen atoms in total. The lowest BCUT2D eigenvalue weighted by Gasteiger charge is -2.11. The van der Waals surface area contributed by atoms with Crippen LogP contribution < -0.4 is 10.1 Å². The fraction of sp³-hybridized carbons (Fsp3) is 0.438. The number of ether oxygens (including phenoxy) is 1. The summed E-state index contributed by atoms with van der Waals surface area (Å²) in [5, 5.41) is 6.47. The highest BCUT2D eigenvalue weighted by Gasteiger charge is 2.13. The van der Waals surface area contributed by atoms with Crippen molar-refractivity contribution in [3.05, 3.63) is 33.6 Å². The summed E-state index contributed by atoms with van der Waals surface area (Å²) in [7, 11) is 1.96. The minimum absolute atomic E-state index is 0.290. The molecule has 0 spiro atoms. The van der Waals surface area contributed by atoms with Crippen LogP contribution >= 0.6 is 11.3 Å². The van der Waals surface area contributed by atoms with Crippen molar-refractivity contribution in [2.45, 2.75) is 33.7 Å². The first-order chi connectivity index (χ1) is 9.56. The highest BCUT2D eigenvalue weighted by atomic mass is 32.1. The lowest BCUT2D eigenvalue weighted by atomic mass is 10.0. The summed E-state index contributed by atoms with van der Waals surface area (Å²) in [5.74, 6) is 0.966. The molecule has 0 aliphatic heterocycles. The van der Waals surface area contributed by atoms with Crippen LogP contribution in [0.3, 0.4) is 0 Å². The van der Waals surface area contributed by atoms with E-state index in [0.29, 0.717) is 6.61 Å². The number of thiazole rings is 1. The summed E-state index contributed by atoms with van der Waals surface area (Å²) >= 11 is 1.70. The molecule has 4 heteroatoms. The van der Waals surface area contributed by atoms with Gasteiger partial charge in [-0.3, -0.25) is 0 Å². The van der Waals surface area contributed by atoms with Crippen LogP contribution in [0.5, 0.6) is 5.75 Å². The van der Waals surface area contributed by atoms with Crippen molar-refractivity contribution in [1.29, 1.82) is 0 Å². The Morgan fingerprint density at radius 2 is 2.05 bits per heavy atom. The number of aromatic nitrogens is 1. The SMILES string of the molecule is CCOc1cc(C)c(-c2csc(C(C)NC)n2)cc1C. The average Bonchev–Trinajstić information content (AvgIpc) is 2.91. The Balaban J connectivity index is 2.37. The Kier molecular flexibility index (Phi) is 4.78. The van der Waals surface area contributed by atoms with Crippen molar-refractivity contribution >= 4 is 11.3 Å². The average molecular weight is 290 g/mol. The lowest BCUT2D eigenvalue weighted by Crippen LogP contribution is -2.11. The highest BCUT2D eigenvalue weighted by molar-refractivity contribution is 7.10. The van der Waals surface area contributed by atoms with Gasteiger partial charge in [-0.25, -0.2) is 4.98 Å². The maximum atomic E-state index is 5.64. The molecule has 1 atom stereocenters. The van der Waals surface area contributed by atoms with Gasteiger partial charge in [0.05, 0.1) is 18.3 Å². The van der Waals surface area contributed by atoms with Crippen molar-refractivity contribution in [3.63, 3.8) is 0 Å². The van der Waals surface area contributed by atoms with Crippen LogP contribution in [0.1, 0.15) is 36.0 Å².